The lowest BCUT2D eigenvalue weighted by atomic mass is 10.2. The number of carbonyl (C=O) groups excluding carboxylic acids is 2. The topological polar surface area (TPSA) is 100 Å². The predicted octanol–water partition coefficient (Wildman–Crippen LogP) is 3.23. The molecule has 0 saturated carbocycles. The van der Waals surface area contributed by atoms with Gasteiger partial charge in [-0.1, -0.05) is 11.6 Å². The van der Waals surface area contributed by atoms with Gasteiger partial charge < -0.3 is 15.2 Å². The van der Waals surface area contributed by atoms with E-state index >= 15 is 0 Å². The molecular formula is C19H20ClN3O4. The maximum atomic E-state index is 12.0. The number of anilines is 1. The highest BCUT2D eigenvalue weighted by Crippen LogP contribution is 2.21. The molecule has 7 nitrogen and oxygen atoms in total. The highest BCUT2D eigenvalue weighted by Gasteiger charge is 2.08. The van der Waals surface area contributed by atoms with Crippen molar-refractivity contribution in [3.8, 4) is 11.5 Å². The van der Waals surface area contributed by atoms with Crippen LogP contribution >= 0.6 is 11.6 Å². The summed E-state index contributed by atoms with van der Waals surface area (Å²) in [6.07, 6.45) is 1.28. The van der Waals surface area contributed by atoms with Crippen LogP contribution < -0.4 is 15.5 Å². The Balaban J connectivity index is 1.81. The van der Waals surface area contributed by atoms with Crippen LogP contribution in [0.5, 0.6) is 11.5 Å². The molecule has 0 saturated heterocycles. The minimum absolute atomic E-state index is 0.00603. The molecule has 0 aliphatic rings. The van der Waals surface area contributed by atoms with Gasteiger partial charge in [-0.25, -0.2) is 5.43 Å². The second-order valence-electron chi connectivity index (χ2n) is 5.73. The number of ether oxygens (including phenoxy) is 1. The third-order valence-electron chi connectivity index (χ3n) is 3.67. The molecule has 0 unspecified atom stereocenters. The quantitative estimate of drug-likeness (QED) is 0.500. The normalized spacial score (nSPS) is 10.6. The number of benzene rings is 2. The lowest BCUT2D eigenvalue weighted by Gasteiger charge is -2.08. The lowest BCUT2D eigenvalue weighted by Crippen LogP contribution is -2.20. The van der Waals surface area contributed by atoms with Crippen molar-refractivity contribution in [2.75, 3.05) is 12.4 Å². The molecule has 142 valence electrons. The molecule has 0 heterocycles. The first kappa shape index (κ1) is 20.3. The van der Waals surface area contributed by atoms with Gasteiger partial charge in [0.2, 0.25) is 11.8 Å². The maximum absolute atomic E-state index is 12.0. The van der Waals surface area contributed by atoms with Crippen molar-refractivity contribution in [3.05, 3.63) is 52.5 Å². The van der Waals surface area contributed by atoms with Crippen molar-refractivity contribution < 1.29 is 19.4 Å². The number of hydrogen-bond acceptors (Lipinski definition) is 5. The van der Waals surface area contributed by atoms with Crippen LogP contribution in [0.2, 0.25) is 5.02 Å². The number of carbonyl (C=O) groups is 2. The predicted molar refractivity (Wildman–Crippen MR) is 104 cm³/mol. The highest BCUT2D eigenvalue weighted by atomic mass is 35.5. The molecule has 2 rings (SSSR count). The Labute approximate surface area is 162 Å². The van der Waals surface area contributed by atoms with Crippen LogP contribution in [0.25, 0.3) is 0 Å². The van der Waals surface area contributed by atoms with Crippen LogP contribution in [0.3, 0.4) is 0 Å². The first-order chi connectivity index (χ1) is 12.9. The summed E-state index contributed by atoms with van der Waals surface area (Å²) >= 11 is 5.87. The number of phenolic OH excluding ortho intramolecular Hbond substituents is 1. The molecule has 0 fully saturated rings. The van der Waals surface area contributed by atoms with Crippen molar-refractivity contribution in [1.82, 2.24) is 5.43 Å². The molecule has 0 bridgehead atoms. The van der Waals surface area contributed by atoms with Crippen molar-refractivity contribution in [1.29, 1.82) is 0 Å². The number of rotatable bonds is 7. The summed E-state index contributed by atoms with van der Waals surface area (Å²) in [5.74, 6) is -0.150. The lowest BCUT2D eigenvalue weighted by molar-refractivity contribution is -0.124. The first-order valence-electron chi connectivity index (χ1n) is 8.14. The van der Waals surface area contributed by atoms with Gasteiger partial charge in [0.15, 0.2) is 0 Å². The first-order valence-corrected chi connectivity index (χ1v) is 8.51. The van der Waals surface area contributed by atoms with Crippen molar-refractivity contribution in [2.45, 2.75) is 19.8 Å². The number of hydrogen-bond donors (Lipinski definition) is 3. The zero-order valence-corrected chi connectivity index (χ0v) is 15.7. The summed E-state index contributed by atoms with van der Waals surface area (Å²) in [4.78, 5) is 23.8. The SMILES string of the molecule is COc1ccc(O)c(C=NNC(=O)CCC(=O)Nc2ccc(Cl)cc2C)c1. The number of aryl methyl sites for hydroxylation is 1. The van der Waals surface area contributed by atoms with Gasteiger partial charge in [0.1, 0.15) is 11.5 Å². The Bertz CT molecular complexity index is 868. The standard InChI is InChI=1S/C19H20ClN3O4/c1-12-9-14(20)3-5-16(12)22-18(25)7-8-19(26)23-21-11-13-10-15(27-2)4-6-17(13)24/h3-6,9-11,24H,7-8H2,1-2H3,(H,22,25)(H,23,26). The van der Waals surface area contributed by atoms with Crippen LogP contribution in [0.15, 0.2) is 41.5 Å². The van der Waals surface area contributed by atoms with E-state index in [9.17, 15) is 14.7 Å². The number of nitrogens with zero attached hydrogens (tertiary/aromatic N) is 1. The second-order valence-corrected chi connectivity index (χ2v) is 6.16. The Morgan fingerprint density at radius 2 is 1.93 bits per heavy atom. The van der Waals surface area contributed by atoms with E-state index in [1.807, 2.05) is 6.92 Å². The van der Waals surface area contributed by atoms with Gasteiger partial charge in [-0.05, 0) is 48.9 Å². The molecule has 0 aromatic heterocycles. The third-order valence-corrected chi connectivity index (χ3v) is 3.90. The second kappa shape index (κ2) is 9.59. The fourth-order valence-electron chi connectivity index (χ4n) is 2.20. The number of nitrogens with one attached hydrogen (secondary N) is 2. The smallest absolute Gasteiger partial charge is 0.240 e. The fourth-order valence-corrected chi connectivity index (χ4v) is 2.43. The van der Waals surface area contributed by atoms with Crippen LogP contribution in [-0.4, -0.2) is 30.2 Å². The van der Waals surface area contributed by atoms with E-state index < -0.39 is 5.91 Å². The summed E-state index contributed by atoms with van der Waals surface area (Å²) in [5, 5.41) is 16.8. The number of phenols is 1. The summed E-state index contributed by atoms with van der Waals surface area (Å²) in [7, 11) is 1.51. The molecule has 0 atom stereocenters. The van der Waals surface area contributed by atoms with Gasteiger partial charge >= 0.3 is 0 Å². The molecule has 0 aliphatic carbocycles. The van der Waals surface area contributed by atoms with Gasteiger partial charge in [0.25, 0.3) is 0 Å². The minimum atomic E-state index is -0.420. The van der Waals surface area contributed by atoms with Crippen LogP contribution in [0.1, 0.15) is 24.0 Å². The summed E-state index contributed by atoms with van der Waals surface area (Å²) in [5.41, 5.74) is 4.19. The zero-order valence-electron chi connectivity index (χ0n) is 15.0. The van der Waals surface area contributed by atoms with E-state index in [0.29, 0.717) is 22.0 Å². The zero-order chi connectivity index (χ0) is 19.8. The molecular weight excluding hydrogens is 370 g/mol. The fraction of sp³-hybridized carbons (Fsp3) is 0.211. The number of aromatic hydroxyl groups is 1. The van der Waals surface area contributed by atoms with Crippen LogP contribution in [0, 0.1) is 6.92 Å². The molecule has 2 amide bonds. The number of hydrazone groups is 1. The molecule has 0 spiro atoms. The van der Waals surface area contributed by atoms with E-state index in [0.717, 1.165) is 5.56 Å². The van der Waals surface area contributed by atoms with Gasteiger partial charge in [-0.3, -0.25) is 9.59 Å². The number of methoxy groups -OCH3 is 1. The van der Waals surface area contributed by atoms with Crippen LogP contribution in [-0.2, 0) is 9.59 Å². The minimum Gasteiger partial charge on any atom is -0.507 e. The van der Waals surface area contributed by atoms with E-state index in [1.54, 1.807) is 30.3 Å². The Morgan fingerprint density at radius 1 is 1.19 bits per heavy atom. The van der Waals surface area contributed by atoms with E-state index in [-0.39, 0.29) is 24.5 Å². The monoisotopic (exact) mass is 389 g/mol. The van der Waals surface area contributed by atoms with Gasteiger partial charge in [-0.2, -0.15) is 5.10 Å². The highest BCUT2D eigenvalue weighted by molar-refractivity contribution is 6.30. The molecule has 3 N–H and O–H groups in total. The Kier molecular flexibility index (Phi) is 7.19. The average Bonchev–Trinajstić information content (AvgIpc) is 2.64. The Morgan fingerprint density at radius 3 is 2.63 bits per heavy atom. The molecule has 0 aliphatic heterocycles. The third kappa shape index (κ3) is 6.31. The van der Waals surface area contributed by atoms with E-state index in [4.69, 9.17) is 16.3 Å². The van der Waals surface area contributed by atoms with Crippen LogP contribution in [0.4, 0.5) is 5.69 Å². The van der Waals surface area contributed by atoms with E-state index in [2.05, 4.69) is 15.8 Å². The molecule has 8 heteroatoms. The van der Waals surface area contributed by atoms with Gasteiger partial charge in [0.05, 0.1) is 13.3 Å². The summed E-state index contributed by atoms with van der Waals surface area (Å²) in [6, 6.07) is 9.77. The number of halogens is 1. The largest absolute Gasteiger partial charge is 0.507 e. The maximum Gasteiger partial charge on any atom is 0.240 e. The molecule has 2 aromatic rings. The average molecular weight is 390 g/mol. The Hall–Kier alpha value is -3.06. The van der Waals surface area contributed by atoms with Gasteiger partial charge in [0, 0.05) is 29.1 Å². The van der Waals surface area contributed by atoms with Crippen molar-refractivity contribution in [3.63, 3.8) is 0 Å². The summed E-state index contributed by atoms with van der Waals surface area (Å²) < 4.78 is 5.05. The molecule has 27 heavy (non-hydrogen) atoms. The van der Waals surface area contributed by atoms with Crippen molar-refractivity contribution >= 4 is 35.3 Å². The van der Waals surface area contributed by atoms with Crippen molar-refractivity contribution in [2.24, 2.45) is 5.10 Å². The molecule has 2 aromatic carbocycles. The summed E-state index contributed by atoms with van der Waals surface area (Å²) in [6.45, 7) is 1.83. The number of amides is 2. The van der Waals surface area contributed by atoms with Gasteiger partial charge in [-0.15, -0.1) is 0 Å². The van der Waals surface area contributed by atoms with E-state index in [1.165, 1.54) is 19.4 Å². The molecule has 0 radical (unpaired) electrons.